The topological polar surface area (TPSA) is 294 Å². The third kappa shape index (κ3) is 29.1. The van der Waals surface area contributed by atoms with Crippen molar-refractivity contribution in [3.63, 3.8) is 0 Å². The van der Waals surface area contributed by atoms with Crippen LogP contribution in [0.3, 0.4) is 0 Å². The van der Waals surface area contributed by atoms with Gasteiger partial charge in [-0.1, -0.05) is 15.9 Å². The molecule has 26 heteroatoms. The number of anilines is 4. The van der Waals surface area contributed by atoms with Crippen LogP contribution in [0.15, 0.2) is 147 Å². The number of aliphatic hydroxyl groups excluding tert-OH is 2. The monoisotopic (exact) mass is 1500 g/mol. The number of halogens is 1. The average Bonchev–Trinajstić information content (AvgIpc) is 1.72. The average molecular weight is 1500 g/mol. The van der Waals surface area contributed by atoms with Crippen molar-refractivity contribution in [1.82, 2.24) is 5.32 Å². The SMILES string of the molecule is CCOC(=O)c1ccc(Br)cc1.CCOC(=O)c1ccc(N2CC[C@H](O)C2)cc1.CCOC(=O)c1ccc(N2CC[C@H](OCCOC)C2)cc1.CCOC(=O)c1coc(-c2ccc(N3CC[C@H](OCCOC)C3)cc2)cc1=O.COCCO[C@H]1CCN(c2ccc(C(=O)O)cc2)C1.O[C@H]1CCNC1. The summed E-state index contributed by atoms with van der Waals surface area (Å²) in [6.45, 7) is 20.9. The molecule has 0 spiro atoms. The Morgan fingerprint density at radius 3 is 1.15 bits per heavy atom. The number of benzene rings is 5. The second-order valence-electron chi connectivity index (χ2n) is 24.1. The Hall–Kier alpha value is -8.28. The molecule has 1 aromatic heterocycles. The molecule has 5 atom stereocenters. The summed E-state index contributed by atoms with van der Waals surface area (Å²) < 4.78 is 58.2. The van der Waals surface area contributed by atoms with E-state index in [1.807, 2.05) is 84.9 Å². The van der Waals surface area contributed by atoms with Crippen LogP contribution >= 0.6 is 15.9 Å². The quantitative estimate of drug-likeness (QED) is 0.0223. The Labute approximate surface area is 612 Å². The standard InChI is InChI=1S/C21H25NO6.C16H23NO4.C14H19NO4.C13H17NO3.C9H9BrO2.C4H9NO/c1-3-26-21(24)18-14-28-20(12-19(18)23)15-4-6-16(7-5-15)22-9-8-17(13-22)27-11-10-25-2;1-3-20-16(18)13-4-6-14(7-5-13)17-9-8-15(12-17)21-11-10-19-2;1-18-8-9-19-13-6-7-15(10-13)12-4-2-11(3-5-12)14(16)17;1-2-17-13(16)10-3-5-11(6-4-10)14-8-7-12(15)9-14;1-2-12-9(11)7-3-5-8(10)6-4-7;6-4-1-2-5-3-4/h4-7,12,14,17H,3,8-11,13H2,1-2H3;4-7,15H,3,8-12H2,1-2H3;2-5,13H,6-10H2,1H3,(H,16,17);3-6,12,15H,2,7-9H2,1H3;3-6H,2H2,1H3;4-6H,1-3H2/t17-;15-;13-;12-;;4-/m0000.0/s1. The van der Waals surface area contributed by atoms with Gasteiger partial charge in [0.15, 0.2) is 5.43 Å². The molecule has 11 rings (SSSR count). The lowest BCUT2D eigenvalue weighted by atomic mass is 10.1. The number of hydrogen-bond acceptors (Lipinski definition) is 24. The van der Waals surface area contributed by atoms with Crippen LogP contribution in [-0.2, 0) is 47.4 Å². The third-order valence-corrected chi connectivity index (χ3v) is 17.3. The first kappa shape index (κ1) is 83.7. The Morgan fingerprint density at radius 2 is 0.825 bits per heavy atom. The largest absolute Gasteiger partial charge is 0.478 e. The smallest absolute Gasteiger partial charge is 0.345 e. The van der Waals surface area contributed by atoms with Crippen molar-refractivity contribution < 1.29 is 91.1 Å². The molecular formula is C77H102BrN5O20. The third-order valence-electron chi connectivity index (χ3n) is 16.7. The van der Waals surface area contributed by atoms with Gasteiger partial charge >= 0.3 is 29.8 Å². The molecule has 0 saturated carbocycles. The Bertz CT molecular complexity index is 3510. The molecule has 6 aromatic rings. The summed E-state index contributed by atoms with van der Waals surface area (Å²) in [6, 6.07) is 38.0. The first-order valence-electron chi connectivity index (χ1n) is 35.0. The zero-order valence-corrected chi connectivity index (χ0v) is 61.8. The molecule has 562 valence electrons. The number of carbonyl (C=O) groups excluding carboxylic acids is 4. The highest BCUT2D eigenvalue weighted by atomic mass is 79.9. The van der Waals surface area contributed by atoms with Gasteiger partial charge in [-0.2, -0.15) is 0 Å². The van der Waals surface area contributed by atoms with Gasteiger partial charge in [0.05, 0.1) is 119 Å². The molecule has 6 heterocycles. The van der Waals surface area contributed by atoms with Crippen molar-refractivity contribution in [1.29, 1.82) is 0 Å². The van der Waals surface area contributed by atoms with E-state index in [2.05, 4.69) is 40.8 Å². The van der Waals surface area contributed by atoms with Crippen LogP contribution in [0.4, 0.5) is 22.7 Å². The number of nitrogens with one attached hydrogen (secondary N) is 1. The Balaban J connectivity index is 0.000000202. The number of rotatable bonds is 26. The summed E-state index contributed by atoms with van der Waals surface area (Å²) in [6.07, 6.45) is 6.28. The molecule has 0 radical (unpaired) electrons. The fraction of sp³-hybridized carbons (Fsp3) is 0.481. The number of carbonyl (C=O) groups is 5. The number of carboxylic acid groups (broad SMARTS) is 1. The van der Waals surface area contributed by atoms with Crippen molar-refractivity contribution in [2.75, 3.05) is 172 Å². The van der Waals surface area contributed by atoms with Crippen molar-refractivity contribution in [3.8, 4) is 11.3 Å². The van der Waals surface area contributed by atoms with Crippen LogP contribution in [0, 0.1) is 0 Å². The van der Waals surface area contributed by atoms with Gasteiger partial charge in [0, 0.05) is 119 Å². The molecule has 103 heavy (non-hydrogen) atoms. The van der Waals surface area contributed by atoms with E-state index in [-0.39, 0.29) is 60.6 Å². The van der Waals surface area contributed by atoms with Crippen molar-refractivity contribution in [3.05, 3.63) is 176 Å². The predicted octanol–water partition coefficient (Wildman–Crippen LogP) is 9.86. The van der Waals surface area contributed by atoms with Gasteiger partial charge in [0.25, 0.3) is 0 Å². The second-order valence-corrected chi connectivity index (χ2v) is 25.0. The summed E-state index contributed by atoms with van der Waals surface area (Å²) >= 11 is 3.28. The number of aromatic carboxylic acids is 1. The van der Waals surface area contributed by atoms with Gasteiger partial charge < -0.3 is 92.0 Å². The van der Waals surface area contributed by atoms with E-state index in [1.165, 1.54) is 6.07 Å². The fourth-order valence-electron chi connectivity index (χ4n) is 11.2. The van der Waals surface area contributed by atoms with E-state index in [4.69, 9.17) is 62.0 Å². The number of esters is 4. The van der Waals surface area contributed by atoms with E-state index in [0.717, 1.165) is 130 Å². The number of β-amino-alcohol motifs (C(OH)–C–C–N with tert-alkyl or cyclic N) is 2. The van der Waals surface area contributed by atoms with Crippen LogP contribution in [0.5, 0.6) is 0 Å². The van der Waals surface area contributed by atoms with Crippen LogP contribution < -0.4 is 30.3 Å². The van der Waals surface area contributed by atoms with Crippen LogP contribution in [0.25, 0.3) is 11.3 Å². The minimum absolute atomic E-state index is 0.0648. The maximum absolute atomic E-state index is 12.2. The molecule has 4 N–H and O–H groups in total. The van der Waals surface area contributed by atoms with Crippen LogP contribution in [0.1, 0.15) is 112 Å². The highest BCUT2D eigenvalue weighted by molar-refractivity contribution is 9.10. The van der Waals surface area contributed by atoms with Gasteiger partial charge in [0.2, 0.25) is 0 Å². The maximum Gasteiger partial charge on any atom is 0.345 e. The summed E-state index contributed by atoms with van der Waals surface area (Å²) in [7, 11) is 5.00. The highest BCUT2D eigenvalue weighted by Crippen LogP contribution is 2.28. The van der Waals surface area contributed by atoms with Gasteiger partial charge in [-0.3, -0.25) is 4.79 Å². The summed E-state index contributed by atoms with van der Waals surface area (Å²) in [4.78, 5) is 77.7. The number of ether oxygens (including phenoxy) is 10. The first-order chi connectivity index (χ1) is 49.9. The van der Waals surface area contributed by atoms with Crippen molar-refractivity contribution >= 4 is 68.5 Å². The Kier molecular flexibility index (Phi) is 37.7. The van der Waals surface area contributed by atoms with Gasteiger partial charge in [0.1, 0.15) is 17.6 Å². The number of methoxy groups -OCH3 is 3. The molecule has 5 aliphatic heterocycles. The molecule has 5 aromatic carbocycles. The Morgan fingerprint density at radius 1 is 0.466 bits per heavy atom. The molecule has 5 saturated heterocycles. The zero-order valence-electron chi connectivity index (χ0n) is 60.2. The normalized spacial score (nSPS) is 17.9. The van der Waals surface area contributed by atoms with E-state index in [9.17, 15) is 33.9 Å². The number of nitrogens with zero attached hydrogens (tertiary/aromatic N) is 4. The number of hydrogen-bond donors (Lipinski definition) is 4. The molecule has 0 amide bonds. The molecule has 0 bridgehead atoms. The number of aliphatic hydroxyl groups is 2. The van der Waals surface area contributed by atoms with E-state index < -0.39 is 17.4 Å². The molecule has 0 aliphatic carbocycles. The minimum Gasteiger partial charge on any atom is -0.478 e. The lowest BCUT2D eigenvalue weighted by molar-refractivity contribution is 0.0280. The van der Waals surface area contributed by atoms with Crippen molar-refractivity contribution in [2.24, 2.45) is 0 Å². The first-order valence-corrected chi connectivity index (χ1v) is 35.8. The summed E-state index contributed by atoms with van der Waals surface area (Å²) in [5.74, 6) is -1.99. The summed E-state index contributed by atoms with van der Waals surface area (Å²) in [5, 5.41) is 30.0. The molecule has 5 aliphatic rings. The van der Waals surface area contributed by atoms with E-state index >= 15 is 0 Å². The predicted molar refractivity (Wildman–Crippen MR) is 396 cm³/mol. The molecular weight excluding hydrogens is 1390 g/mol. The van der Waals surface area contributed by atoms with Gasteiger partial charge in [-0.05, 0) is 188 Å². The highest BCUT2D eigenvalue weighted by Gasteiger charge is 2.27. The van der Waals surface area contributed by atoms with E-state index in [1.54, 1.807) is 85.4 Å². The van der Waals surface area contributed by atoms with E-state index in [0.29, 0.717) is 94.0 Å². The molecule has 25 nitrogen and oxygen atoms in total. The van der Waals surface area contributed by atoms with Gasteiger partial charge in [-0.15, -0.1) is 0 Å². The van der Waals surface area contributed by atoms with Gasteiger partial charge in [-0.25, -0.2) is 24.0 Å². The fourth-order valence-corrected chi connectivity index (χ4v) is 11.5. The number of carboxylic acids is 1. The maximum atomic E-state index is 12.2. The van der Waals surface area contributed by atoms with Crippen molar-refractivity contribution in [2.45, 2.75) is 90.3 Å². The minimum atomic E-state index is -0.895. The van der Waals surface area contributed by atoms with Crippen LogP contribution in [0.2, 0.25) is 0 Å². The van der Waals surface area contributed by atoms with Crippen LogP contribution in [-0.4, -0.2) is 229 Å². The lowest BCUT2D eigenvalue weighted by Crippen LogP contribution is -2.23. The second kappa shape index (κ2) is 46.4. The molecule has 5 fully saturated rings. The lowest BCUT2D eigenvalue weighted by Gasteiger charge is -2.19. The summed E-state index contributed by atoms with van der Waals surface area (Å²) in [5.41, 5.74) is 6.59. The molecule has 0 unspecified atom stereocenters. The zero-order chi connectivity index (χ0) is 74.3.